The van der Waals surface area contributed by atoms with Crippen LogP contribution in [0.5, 0.6) is 0 Å². The first-order valence-corrected chi connectivity index (χ1v) is 6.46. The molecule has 0 saturated heterocycles. The Morgan fingerprint density at radius 2 is 2.00 bits per heavy atom. The van der Waals surface area contributed by atoms with Crippen molar-refractivity contribution in [3.8, 4) is 0 Å². The number of hydrogen-bond donors (Lipinski definition) is 1. The van der Waals surface area contributed by atoms with Gasteiger partial charge in [-0.05, 0) is 29.6 Å². The maximum atomic E-state index is 13.0. The molecule has 1 aromatic heterocycles. The fourth-order valence-corrected chi connectivity index (χ4v) is 2.59. The summed E-state index contributed by atoms with van der Waals surface area (Å²) in [6.45, 7) is 0.435. The summed E-state index contributed by atoms with van der Waals surface area (Å²) < 4.78 is 39.0. The fourth-order valence-electron chi connectivity index (χ4n) is 1.84. The van der Waals surface area contributed by atoms with Gasteiger partial charge in [0, 0.05) is 23.3 Å². The third-order valence-corrected chi connectivity index (χ3v) is 3.57. The van der Waals surface area contributed by atoms with Crippen LogP contribution in [0.15, 0.2) is 35.7 Å². The molecule has 0 saturated carbocycles. The SMILES string of the molecule is CN(Cc1cccs1)c1ccc(N)cc1C(F)(F)F. The highest BCUT2D eigenvalue weighted by Crippen LogP contribution is 2.37. The number of thiophene rings is 1. The lowest BCUT2D eigenvalue weighted by molar-refractivity contribution is -0.137. The summed E-state index contributed by atoms with van der Waals surface area (Å²) in [5.41, 5.74) is 4.99. The van der Waals surface area contributed by atoms with E-state index in [4.69, 9.17) is 5.73 Å². The molecular formula is C13H13F3N2S. The lowest BCUT2D eigenvalue weighted by Crippen LogP contribution is -2.20. The van der Waals surface area contributed by atoms with Crippen LogP contribution in [-0.2, 0) is 12.7 Å². The molecule has 0 aliphatic rings. The number of alkyl halides is 3. The highest BCUT2D eigenvalue weighted by molar-refractivity contribution is 7.09. The molecule has 2 rings (SSSR count). The van der Waals surface area contributed by atoms with Crippen molar-refractivity contribution in [1.82, 2.24) is 0 Å². The van der Waals surface area contributed by atoms with Crippen molar-refractivity contribution in [2.45, 2.75) is 12.7 Å². The number of nitrogen functional groups attached to an aromatic ring is 1. The zero-order valence-corrected chi connectivity index (χ0v) is 11.1. The lowest BCUT2D eigenvalue weighted by atomic mass is 10.1. The molecule has 0 atom stereocenters. The largest absolute Gasteiger partial charge is 0.418 e. The quantitative estimate of drug-likeness (QED) is 0.865. The van der Waals surface area contributed by atoms with E-state index in [0.29, 0.717) is 6.54 Å². The number of nitrogens with zero attached hydrogens (tertiary/aromatic N) is 1. The van der Waals surface area contributed by atoms with E-state index in [0.717, 1.165) is 10.9 Å². The first kappa shape index (κ1) is 13.7. The summed E-state index contributed by atoms with van der Waals surface area (Å²) in [6.07, 6.45) is -4.41. The Kier molecular flexibility index (Phi) is 3.71. The van der Waals surface area contributed by atoms with Crippen molar-refractivity contribution in [1.29, 1.82) is 0 Å². The zero-order chi connectivity index (χ0) is 14.0. The topological polar surface area (TPSA) is 29.3 Å². The van der Waals surface area contributed by atoms with Gasteiger partial charge in [-0.1, -0.05) is 6.07 Å². The molecule has 2 nitrogen and oxygen atoms in total. The van der Waals surface area contributed by atoms with Gasteiger partial charge >= 0.3 is 6.18 Å². The average Bonchev–Trinajstić information content (AvgIpc) is 2.80. The van der Waals surface area contributed by atoms with Gasteiger partial charge in [0.05, 0.1) is 12.1 Å². The molecule has 0 spiro atoms. The van der Waals surface area contributed by atoms with Crippen LogP contribution in [0.2, 0.25) is 0 Å². The van der Waals surface area contributed by atoms with E-state index in [1.165, 1.54) is 23.5 Å². The molecule has 19 heavy (non-hydrogen) atoms. The molecular weight excluding hydrogens is 273 g/mol. The van der Waals surface area contributed by atoms with Crippen LogP contribution in [0.1, 0.15) is 10.4 Å². The van der Waals surface area contributed by atoms with Crippen LogP contribution >= 0.6 is 11.3 Å². The first-order chi connectivity index (χ1) is 8.88. The molecule has 0 amide bonds. The van der Waals surface area contributed by atoms with E-state index >= 15 is 0 Å². The van der Waals surface area contributed by atoms with Gasteiger partial charge in [-0.15, -0.1) is 11.3 Å². The second-order valence-electron chi connectivity index (χ2n) is 4.21. The van der Waals surface area contributed by atoms with Crippen LogP contribution in [0.4, 0.5) is 24.5 Å². The van der Waals surface area contributed by atoms with Gasteiger partial charge in [-0.2, -0.15) is 13.2 Å². The second kappa shape index (κ2) is 5.13. The molecule has 0 unspecified atom stereocenters. The van der Waals surface area contributed by atoms with Crippen LogP contribution in [0.3, 0.4) is 0 Å². The van der Waals surface area contributed by atoms with Crippen molar-refractivity contribution < 1.29 is 13.2 Å². The van der Waals surface area contributed by atoms with E-state index in [2.05, 4.69) is 0 Å². The van der Waals surface area contributed by atoms with Crippen molar-refractivity contribution in [2.24, 2.45) is 0 Å². The monoisotopic (exact) mass is 286 g/mol. The normalized spacial score (nSPS) is 11.6. The van der Waals surface area contributed by atoms with E-state index in [9.17, 15) is 13.2 Å². The molecule has 1 aromatic carbocycles. The van der Waals surface area contributed by atoms with Gasteiger partial charge in [0.15, 0.2) is 0 Å². The summed E-state index contributed by atoms with van der Waals surface area (Å²) in [5.74, 6) is 0. The van der Waals surface area contributed by atoms with Gasteiger partial charge in [-0.3, -0.25) is 0 Å². The van der Waals surface area contributed by atoms with Crippen LogP contribution in [0.25, 0.3) is 0 Å². The molecule has 0 radical (unpaired) electrons. The Labute approximate surface area is 113 Å². The number of hydrogen-bond acceptors (Lipinski definition) is 3. The summed E-state index contributed by atoms with van der Waals surface area (Å²) >= 11 is 1.51. The fraction of sp³-hybridized carbons (Fsp3) is 0.231. The Morgan fingerprint density at radius 1 is 1.26 bits per heavy atom. The molecule has 0 fully saturated rings. The van der Waals surface area contributed by atoms with Crippen molar-refractivity contribution in [3.05, 3.63) is 46.2 Å². The van der Waals surface area contributed by atoms with Crippen LogP contribution in [0, 0.1) is 0 Å². The summed E-state index contributed by atoms with van der Waals surface area (Å²) in [5, 5.41) is 1.90. The number of anilines is 2. The third kappa shape index (κ3) is 3.20. The van der Waals surface area contributed by atoms with Gasteiger partial charge < -0.3 is 10.6 Å². The first-order valence-electron chi connectivity index (χ1n) is 5.58. The van der Waals surface area contributed by atoms with Crippen LogP contribution in [-0.4, -0.2) is 7.05 Å². The van der Waals surface area contributed by atoms with Crippen LogP contribution < -0.4 is 10.6 Å². The van der Waals surface area contributed by atoms with E-state index < -0.39 is 11.7 Å². The molecule has 0 aliphatic carbocycles. The maximum absolute atomic E-state index is 13.0. The predicted molar refractivity (Wildman–Crippen MR) is 72.3 cm³/mol. The van der Waals surface area contributed by atoms with Gasteiger partial charge in [0.1, 0.15) is 0 Å². The van der Waals surface area contributed by atoms with E-state index in [1.54, 1.807) is 11.9 Å². The smallest absolute Gasteiger partial charge is 0.399 e. The second-order valence-corrected chi connectivity index (χ2v) is 5.24. The Balaban J connectivity index is 2.33. The molecule has 1 heterocycles. The van der Waals surface area contributed by atoms with Crippen molar-refractivity contribution in [3.63, 3.8) is 0 Å². The average molecular weight is 286 g/mol. The van der Waals surface area contributed by atoms with Gasteiger partial charge in [0.2, 0.25) is 0 Å². The zero-order valence-electron chi connectivity index (χ0n) is 10.2. The summed E-state index contributed by atoms with van der Waals surface area (Å²) in [4.78, 5) is 2.58. The predicted octanol–water partition coefficient (Wildman–Crippen LogP) is 3.99. The summed E-state index contributed by atoms with van der Waals surface area (Å²) in [6, 6.07) is 7.63. The van der Waals surface area contributed by atoms with Crippen molar-refractivity contribution in [2.75, 3.05) is 17.7 Å². The Bertz CT molecular complexity index is 550. The minimum absolute atomic E-state index is 0.112. The number of benzene rings is 1. The molecule has 0 aliphatic heterocycles. The highest BCUT2D eigenvalue weighted by atomic mass is 32.1. The number of halogens is 3. The lowest BCUT2D eigenvalue weighted by Gasteiger charge is -2.23. The number of rotatable bonds is 3. The molecule has 6 heteroatoms. The standard InChI is InChI=1S/C13H13F3N2S/c1-18(8-10-3-2-6-19-10)12-5-4-9(17)7-11(12)13(14,15)16/h2-7H,8,17H2,1H3. The van der Waals surface area contributed by atoms with Gasteiger partial charge in [-0.25, -0.2) is 0 Å². The van der Waals surface area contributed by atoms with E-state index in [1.807, 2.05) is 17.5 Å². The molecule has 2 N–H and O–H groups in total. The molecule has 102 valence electrons. The molecule has 2 aromatic rings. The molecule has 0 bridgehead atoms. The van der Waals surface area contributed by atoms with E-state index in [-0.39, 0.29) is 11.4 Å². The third-order valence-electron chi connectivity index (χ3n) is 2.71. The minimum atomic E-state index is -4.41. The number of nitrogens with two attached hydrogens (primary N) is 1. The maximum Gasteiger partial charge on any atom is 0.418 e. The Hall–Kier alpha value is -1.69. The summed E-state index contributed by atoms with van der Waals surface area (Å²) in [7, 11) is 1.64. The minimum Gasteiger partial charge on any atom is -0.399 e. The van der Waals surface area contributed by atoms with Gasteiger partial charge in [0.25, 0.3) is 0 Å². The Morgan fingerprint density at radius 3 is 2.58 bits per heavy atom. The van der Waals surface area contributed by atoms with Crippen molar-refractivity contribution >= 4 is 22.7 Å². The highest BCUT2D eigenvalue weighted by Gasteiger charge is 2.34.